The third kappa shape index (κ3) is 4.73. The van der Waals surface area contributed by atoms with Crippen LogP contribution in [0.15, 0.2) is 30.3 Å². The number of rotatable bonds is 3. The second-order valence-corrected chi connectivity index (χ2v) is 3.15. The number of carbonyl (C=O) groups excluding carboxylic acids is 1. The molecule has 17 heavy (non-hydrogen) atoms. The van der Waals surface area contributed by atoms with Crippen molar-refractivity contribution in [2.24, 2.45) is 0 Å². The van der Waals surface area contributed by atoms with E-state index in [9.17, 15) is 18.0 Å². The van der Waals surface area contributed by atoms with Crippen molar-refractivity contribution in [1.82, 2.24) is 5.32 Å². The first-order valence-electron chi connectivity index (χ1n) is 4.61. The Morgan fingerprint density at radius 1 is 1.35 bits per heavy atom. The molecular weight excluding hydrogens is 239 g/mol. The van der Waals surface area contributed by atoms with Crippen LogP contribution in [-0.2, 0) is 11.3 Å². The number of aliphatic hydroxyl groups is 1. The molecule has 1 aromatic carbocycles. The number of halogens is 3. The molecule has 0 spiro atoms. The van der Waals surface area contributed by atoms with Gasteiger partial charge >= 0.3 is 12.3 Å². The van der Waals surface area contributed by atoms with Gasteiger partial charge in [-0.05, 0) is 5.56 Å². The van der Waals surface area contributed by atoms with Crippen LogP contribution in [0.1, 0.15) is 5.56 Å². The molecule has 0 fully saturated rings. The minimum atomic E-state index is -4.91. The number of carbonyl (C=O) groups is 1. The molecule has 1 rings (SSSR count). The fourth-order valence-corrected chi connectivity index (χ4v) is 0.958. The second kappa shape index (κ2) is 5.53. The lowest BCUT2D eigenvalue weighted by molar-refractivity contribution is -0.210. The molecule has 0 heterocycles. The average Bonchev–Trinajstić information content (AvgIpc) is 2.26. The molecule has 0 saturated carbocycles. The topological polar surface area (TPSA) is 58.6 Å². The molecule has 1 atom stereocenters. The van der Waals surface area contributed by atoms with Crippen molar-refractivity contribution in [1.29, 1.82) is 0 Å². The Balaban J connectivity index is 2.36. The molecule has 1 aromatic rings. The number of amides is 1. The van der Waals surface area contributed by atoms with E-state index in [-0.39, 0.29) is 6.61 Å². The zero-order valence-electron chi connectivity index (χ0n) is 8.57. The maximum atomic E-state index is 11.9. The van der Waals surface area contributed by atoms with Gasteiger partial charge in [0.05, 0.1) is 0 Å². The fraction of sp³-hybridized carbons (Fsp3) is 0.300. The van der Waals surface area contributed by atoms with E-state index in [2.05, 4.69) is 4.74 Å². The molecule has 0 aromatic heterocycles. The highest BCUT2D eigenvalue weighted by Crippen LogP contribution is 2.18. The largest absolute Gasteiger partial charge is 0.445 e. The zero-order chi connectivity index (χ0) is 12.9. The van der Waals surface area contributed by atoms with Gasteiger partial charge in [-0.2, -0.15) is 13.2 Å². The molecular formula is C10H10F3NO3. The number of ether oxygens (including phenoxy) is 1. The van der Waals surface area contributed by atoms with Crippen molar-refractivity contribution in [3.8, 4) is 0 Å². The third-order valence-corrected chi connectivity index (χ3v) is 1.78. The highest BCUT2D eigenvalue weighted by atomic mass is 19.4. The van der Waals surface area contributed by atoms with E-state index in [1.54, 1.807) is 30.3 Å². The maximum Gasteiger partial charge on any atom is 0.433 e. The van der Waals surface area contributed by atoms with E-state index in [1.165, 1.54) is 5.32 Å². The van der Waals surface area contributed by atoms with Crippen LogP contribution in [0.25, 0.3) is 0 Å². The smallest absolute Gasteiger partial charge is 0.433 e. The molecule has 0 unspecified atom stereocenters. The summed E-state index contributed by atoms with van der Waals surface area (Å²) in [5.74, 6) is 0. The van der Waals surface area contributed by atoms with E-state index in [0.29, 0.717) is 5.56 Å². The SMILES string of the molecule is O=C(N[C@H](O)C(F)(F)F)OCc1ccccc1. The molecule has 0 aliphatic rings. The van der Waals surface area contributed by atoms with Crippen molar-refractivity contribution >= 4 is 6.09 Å². The number of hydrogen-bond donors (Lipinski definition) is 2. The van der Waals surface area contributed by atoms with Crippen LogP contribution in [0.3, 0.4) is 0 Å². The van der Waals surface area contributed by atoms with Crippen LogP contribution in [0.2, 0.25) is 0 Å². The lowest BCUT2D eigenvalue weighted by Gasteiger charge is -2.15. The van der Waals surface area contributed by atoms with Crippen LogP contribution in [-0.4, -0.2) is 23.6 Å². The summed E-state index contributed by atoms with van der Waals surface area (Å²) in [4.78, 5) is 10.9. The van der Waals surface area contributed by atoms with E-state index >= 15 is 0 Å². The number of nitrogens with one attached hydrogen (secondary N) is 1. The predicted molar refractivity (Wildman–Crippen MR) is 51.8 cm³/mol. The van der Waals surface area contributed by atoms with E-state index < -0.39 is 18.5 Å². The summed E-state index contributed by atoms with van der Waals surface area (Å²) in [5, 5.41) is 9.78. The first-order chi connectivity index (χ1) is 7.89. The summed E-state index contributed by atoms with van der Waals surface area (Å²) in [6.07, 6.45) is -9.17. The van der Waals surface area contributed by atoms with E-state index in [0.717, 1.165) is 0 Å². The third-order valence-electron chi connectivity index (χ3n) is 1.78. The first-order valence-corrected chi connectivity index (χ1v) is 4.61. The minimum Gasteiger partial charge on any atom is -0.445 e. The van der Waals surface area contributed by atoms with Gasteiger partial charge in [0, 0.05) is 0 Å². The van der Waals surface area contributed by atoms with Crippen molar-refractivity contribution in [3.05, 3.63) is 35.9 Å². The summed E-state index contributed by atoms with van der Waals surface area (Å²) in [7, 11) is 0. The van der Waals surface area contributed by atoms with Gasteiger partial charge in [0.2, 0.25) is 6.23 Å². The predicted octanol–water partition coefficient (Wildman–Crippen LogP) is 1.79. The standard InChI is InChI=1S/C10H10F3NO3/c11-10(12,13)8(15)14-9(16)17-6-7-4-2-1-3-5-7/h1-5,8,15H,6H2,(H,14,16)/t8-/m1/s1. The van der Waals surface area contributed by atoms with E-state index in [4.69, 9.17) is 5.11 Å². The van der Waals surface area contributed by atoms with Gasteiger partial charge in [-0.3, -0.25) is 5.32 Å². The molecule has 1 amide bonds. The Morgan fingerprint density at radius 3 is 2.47 bits per heavy atom. The van der Waals surface area contributed by atoms with Crippen LogP contribution in [0.5, 0.6) is 0 Å². The lowest BCUT2D eigenvalue weighted by atomic mass is 10.2. The van der Waals surface area contributed by atoms with Gasteiger partial charge in [-0.25, -0.2) is 4.79 Å². The molecule has 0 saturated heterocycles. The highest BCUT2D eigenvalue weighted by molar-refractivity contribution is 5.67. The fourth-order valence-electron chi connectivity index (χ4n) is 0.958. The van der Waals surface area contributed by atoms with Gasteiger partial charge in [0.15, 0.2) is 0 Å². The highest BCUT2D eigenvalue weighted by Gasteiger charge is 2.39. The average molecular weight is 249 g/mol. The quantitative estimate of drug-likeness (QED) is 0.803. The van der Waals surface area contributed by atoms with Crippen molar-refractivity contribution in [2.75, 3.05) is 0 Å². The van der Waals surface area contributed by atoms with Crippen LogP contribution in [0.4, 0.5) is 18.0 Å². The number of benzene rings is 1. The molecule has 2 N–H and O–H groups in total. The van der Waals surface area contributed by atoms with E-state index in [1.807, 2.05) is 0 Å². The summed E-state index contributed by atoms with van der Waals surface area (Å²) in [6.45, 7) is -0.169. The van der Waals surface area contributed by atoms with Crippen LogP contribution in [0, 0.1) is 0 Å². The van der Waals surface area contributed by atoms with Crippen molar-refractivity contribution < 1.29 is 27.8 Å². The number of aliphatic hydroxyl groups excluding tert-OH is 1. The Morgan fingerprint density at radius 2 is 1.94 bits per heavy atom. The zero-order valence-corrected chi connectivity index (χ0v) is 8.57. The summed E-state index contributed by atoms with van der Waals surface area (Å²) in [5.41, 5.74) is 0.629. The Hall–Kier alpha value is -1.76. The van der Waals surface area contributed by atoms with Gasteiger partial charge in [-0.15, -0.1) is 0 Å². The van der Waals surface area contributed by atoms with Crippen LogP contribution >= 0.6 is 0 Å². The van der Waals surface area contributed by atoms with Crippen LogP contribution < -0.4 is 5.32 Å². The van der Waals surface area contributed by atoms with Gasteiger partial charge in [0.25, 0.3) is 0 Å². The monoisotopic (exact) mass is 249 g/mol. The molecule has 4 nitrogen and oxygen atoms in total. The lowest BCUT2D eigenvalue weighted by Crippen LogP contribution is -2.45. The minimum absolute atomic E-state index is 0.169. The number of hydrogen-bond acceptors (Lipinski definition) is 3. The number of alkyl carbamates (subject to hydrolysis) is 1. The van der Waals surface area contributed by atoms with Gasteiger partial charge in [0.1, 0.15) is 6.61 Å². The second-order valence-electron chi connectivity index (χ2n) is 3.15. The molecule has 0 aliphatic heterocycles. The Bertz CT molecular complexity index is 367. The summed E-state index contributed by atoms with van der Waals surface area (Å²) < 4.78 is 40.0. The molecule has 94 valence electrons. The first kappa shape index (κ1) is 13.3. The van der Waals surface area contributed by atoms with Crippen molar-refractivity contribution in [3.63, 3.8) is 0 Å². The molecule has 0 bridgehead atoms. The normalized spacial score (nSPS) is 12.9. The van der Waals surface area contributed by atoms with Gasteiger partial charge in [-0.1, -0.05) is 30.3 Å². The molecule has 0 aliphatic carbocycles. The molecule has 0 radical (unpaired) electrons. The number of alkyl halides is 3. The summed E-state index contributed by atoms with van der Waals surface area (Å²) >= 11 is 0. The Labute approximate surface area is 95.0 Å². The van der Waals surface area contributed by atoms with Crippen molar-refractivity contribution in [2.45, 2.75) is 19.0 Å². The van der Waals surface area contributed by atoms with Gasteiger partial charge < -0.3 is 9.84 Å². The maximum absolute atomic E-state index is 11.9. The Kier molecular flexibility index (Phi) is 4.33. The molecule has 7 heteroatoms. The summed E-state index contributed by atoms with van der Waals surface area (Å²) in [6, 6.07) is 8.43.